The summed E-state index contributed by atoms with van der Waals surface area (Å²) >= 11 is 0. The molecule has 1 aromatic carbocycles. The maximum atomic E-state index is 10.9. The average molecular weight is 394 g/mol. The number of nitrogens with zero attached hydrogens (tertiary/aromatic N) is 1. The smallest absolute Gasteiger partial charge is 0.524 e. The Kier molecular flexibility index (Phi) is 5.78. The molecule has 1 heterocycles. The molecule has 0 radical (unpaired) electrons. The van der Waals surface area contributed by atoms with Crippen molar-refractivity contribution in [3.05, 3.63) is 30.0 Å². The lowest BCUT2D eigenvalue weighted by Gasteiger charge is -2.31. The number of aromatic amines is 1. The monoisotopic (exact) mass is 394 g/mol. The minimum atomic E-state index is -4.77. The van der Waals surface area contributed by atoms with Gasteiger partial charge in [0, 0.05) is 23.5 Å². The molecule has 1 aromatic heterocycles. The molecule has 0 aliphatic heterocycles. The molecule has 2 rings (SSSR count). The number of benzene rings is 1. The van der Waals surface area contributed by atoms with Crippen LogP contribution < -0.4 is 9.42 Å². The van der Waals surface area contributed by atoms with Crippen LogP contribution in [0.2, 0.25) is 0 Å². The second kappa shape index (κ2) is 7.19. The van der Waals surface area contributed by atoms with Gasteiger partial charge in [-0.05, 0) is 23.8 Å². The van der Waals surface area contributed by atoms with Crippen LogP contribution in [0, 0.1) is 0 Å². The lowest BCUT2D eigenvalue weighted by molar-refractivity contribution is -0.906. The zero-order chi connectivity index (χ0) is 18.9. The number of fused-ring (bicyclic) bond motifs is 1. The topological polar surface area (TPSA) is 152 Å². The Morgan fingerprint density at radius 3 is 2.52 bits per heavy atom. The third-order valence-corrected chi connectivity index (χ3v) is 4.41. The number of hydrogen-bond donors (Lipinski definition) is 4. The largest absolute Gasteiger partial charge is 0.756 e. The van der Waals surface area contributed by atoms with E-state index < -0.39 is 15.6 Å². The summed E-state index contributed by atoms with van der Waals surface area (Å²) in [5, 5.41) is 0.739. The molecule has 140 valence electrons. The zero-order valence-electron chi connectivity index (χ0n) is 13.7. The molecule has 1 unspecified atom stereocenters. The Hall–Kier alpha value is -1.22. The molecule has 0 aliphatic rings. The van der Waals surface area contributed by atoms with E-state index >= 15 is 0 Å². The van der Waals surface area contributed by atoms with Crippen LogP contribution in [0.25, 0.3) is 10.9 Å². The first-order valence-corrected chi connectivity index (χ1v) is 10.2. The Balaban J connectivity index is 2.11. The molecule has 0 spiro atoms. The molecule has 0 fully saturated rings. The first kappa shape index (κ1) is 20.1. The minimum Gasteiger partial charge on any atom is -0.756 e. The molecule has 2 aromatic rings. The Morgan fingerprint density at radius 2 is 1.92 bits per heavy atom. The first-order chi connectivity index (χ1) is 11.3. The normalized spacial score (nSPS) is 15.3. The van der Waals surface area contributed by atoms with E-state index in [0.29, 0.717) is 13.0 Å². The van der Waals surface area contributed by atoms with Gasteiger partial charge in [0.15, 0.2) is 6.73 Å². The number of aromatic nitrogens is 1. The molecule has 0 bridgehead atoms. The van der Waals surface area contributed by atoms with Gasteiger partial charge < -0.3 is 23.8 Å². The highest BCUT2D eigenvalue weighted by molar-refractivity contribution is 7.46. The number of H-pyrrole nitrogens is 1. The maximum Gasteiger partial charge on any atom is 0.524 e. The maximum absolute atomic E-state index is 10.9. The summed E-state index contributed by atoms with van der Waals surface area (Å²) in [6.45, 7) is 0.280. The Bertz CT molecular complexity index is 838. The van der Waals surface area contributed by atoms with Crippen molar-refractivity contribution >= 4 is 26.5 Å². The van der Waals surface area contributed by atoms with Crippen LogP contribution in [0.5, 0.6) is 5.75 Å². The Labute approximate surface area is 144 Å². The van der Waals surface area contributed by atoms with E-state index in [1.54, 1.807) is 26.4 Å². The molecular weight excluding hydrogens is 374 g/mol. The first-order valence-electron chi connectivity index (χ1n) is 7.20. The van der Waals surface area contributed by atoms with Gasteiger partial charge in [-0.1, -0.05) is 0 Å². The predicted octanol–water partition coefficient (Wildman–Crippen LogP) is 0.693. The second-order valence-corrected chi connectivity index (χ2v) is 8.60. The van der Waals surface area contributed by atoms with E-state index in [2.05, 4.69) is 14.0 Å². The molecule has 0 saturated carbocycles. The highest BCUT2D eigenvalue weighted by Crippen LogP contribution is 2.38. The summed E-state index contributed by atoms with van der Waals surface area (Å²) in [7, 11) is -5.93. The molecule has 12 heteroatoms. The lowest BCUT2D eigenvalue weighted by atomic mass is 10.1. The van der Waals surface area contributed by atoms with Crippen LogP contribution >= 0.6 is 15.6 Å². The zero-order valence-corrected chi connectivity index (χ0v) is 15.4. The molecule has 10 nitrogen and oxygen atoms in total. The Morgan fingerprint density at radius 1 is 1.24 bits per heavy atom. The highest BCUT2D eigenvalue weighted by atomic mass is 31.2. The highest BCUT2D eigenvalue weighted by Gasteiger charge is 2.20. The number of nitrogens with one attached hydrogen (secondary N) is 1. The number of phosphoric ester groups is 2. The van der Waals surface area contributed by atoms with Crippen LogP contribution in [0.3, 0.4) is 0 Å². The summed E-state index contributed by atoms with van der Waals surface area (Å²) in [6, 6.07) is 4.62. The SMILES string of the molecule is C[N+](C)(CCc1c[nH]c2ccc(OP(=O)(O)O)cc12)COP(=O)([O-])O. The fourth-order valence-electron chi connectivity index (χ4n) is 2.28. The number of phosphoric acid groups is 2. The third kappa shape index (κ3) is 6.54. The number of likely N-dealkylation sites (N-methyl/N-ethyl adjacent to an activating group) is 1. The fraction of sp³-hybridized carbons (Fsp3) is 0.385. The van der Waals surface area contributed by atoms with Gasteiger partial charge in [0.05, 0.1) is 20.6 Å². The quantitative estimate of drug-likeness (QED) is 0.290. The average Bonchev–Trinajstić information content (AvgIpc) is 2.83. The number of rotatable bonds is 8. The van der Waals surface area contributed by atoms with Gasteiger partial charge in [-0.25, -0.2) is 4.57 Å². The van der Waals surface area contributed by atoms with Gasteiger partial charge >= 0.3 is 7.82 Å². The fourth-order valence-corrected chi connectivity index (χ4v) is 3.12. The summed E-state index contributed by atoms with van der Waals surface area (Å²) < 4.78 is 30.9. The number of quaternary nitrogens is 1. The summed E-state index contributed by atoms with van der Waals surface area (Å²) in [6.07, 6.45) is 2.29. The van der Waals surface area contributed by atoms with Crippen LogP contribution in [-0.4, -0.2) is 51.5 Å². The van der Waals surface area contributed by atoms with Crippen LogP contribution in [0.1, 0.15) is 5.56 Å². The molecular formula is C13H20N2O8P2. The van der Waals surface area contributed by atoms with Crippen LogP contribution in [0.4, 0.5) is 0 Å². The van der Waals surface area contributed by atoms with Crippen molar-refractivity contribution in [2.75, 3.05) is 27.4 Å². The van der Waals surface area contributed by atoms with Gasteiger partial charge in [-0.15, -0.1) is 0 Å². The minimum absolute atomic E-state index is 0.0475. The van der Waals surface area contributed by atoms with Gasteiger partial charge in [-0.2, -0.15) is 0 Å². The molecule has 0 amide bonds. The number of hydrogen-bond acceptors (Lipinski definition) is 5. The van der Waals surface area contributed by atoms with Gasteiger partial charge in [0.2, 0.25) is 0 Å². The molecule has 25 heavy (non-hydrogen) atoms. The van der Waals surface area contributed by atoms with Crippen LogP contribution in [0.15, 0.2) is 24.4 Å². The molecule has 4 N–H and O–H groups in total. The van der Waals surface area contributed by atoms with Crippen molar-refractivity contribution in [1.82, 2.24) is 4.98 Å². The lowest BCUT2D eigenvalue weighted by Crippen LogP contribution is -2.43. The molecule has 1 atom stereocenters. The van der Waals surface area contributed by atoms with Crippen molar-refractivity contribution in [1.29, 1.82) is 0 Å². The van der Waals surface area contributed by atoms with Crippen molar-refractivity contribution in [2.45, 2.75) is 6.42 Å². The predicted molar refractivity (Wildman–Crippen MR) is 87.4 cm³/mol. The summed E-state index contributed by atoms with van der Waals surface area (Å²) in [4.78, 5) is 40.2. The van der Waals surface area contributed by atoms with Crippen molar-refractivity contribution in [2.24, 2.45) is 0 Å². The third-order valence-electron chi connectivity index (χ3n) is 3.52. The van der Waals surface area contributed by atoms with E-state index in [4.69, 9.17) is 14.7 Å². The summed E-state index contributed by atoms with van der Waals surface area (Å²) in [5.41, 5.74) is 1.64. The van der Waals surface area contributed by atoms with Crippen LogP contribution in [-0.2, 0) is 20.1 Å². The van der Waals surface area contributed by atoms with Crippen molar-refractivity contribution in [3.63, 3.8) is 0 Å². The van der Waals surface area contributed by atoms with E-state index in [1.807, 2.05) is 0 Å². The second-order valence-electron chi connectivity index (χ2n) is 6.24. The van der Waals surface area contributed by atoms with E-state index in [0.717, 1.165) is 16.5 Å². The van der Waals surface area contributed by atoms with Gasteiger partial charge in [0.25, 0.3) is 7.82 Å². The van der Waals surface area contributed by atoms with Gasteiger partial charge in [-0.3, -0.25) is 18.9 Å². The standard InChI is InChI=1S/C13H20N2O8P2/c1-15(2,9-22-24(16,17)18)6-5-10-8-14-13-4-3-11(7-12(10)13)23-25(19,20)21/h3-4,7-8,14H,5-6,9H2,1-2H3,(H3-,16,17,18,19,20,21). The van der Waals surface area contributed by atoms with E-state index in [9.17, 15) is 14.0 Å². The molecule has 0 aliphatic carbocycles. The molecule has 0 saturated heterocycles. The van der Waals surface area contributed by atoms with Gasteiger partial charge in [0.1, 0.15) is 5.75 Å². The van der Waals surface area contributed by atoms with E-state index in [1.165, 1.54) is 12.1 Å². The van der Waals surface area contributed by atoms with E-state index in [-0.39, 0.29) is 17.0 Å². The van der Waals surface area contributed by atoms with Crippen molar-refractivity contribution in [3.8, 4) is 5.75 Å². The summed E-state index contributed by atoms with van der Waals surface area (Å²) in [5.74, 6) is 0.0475. The van der Waals surface area contributed by atoms with Crippen molar-refractivity contribution < 1.29 is 42.2 Å².